The molecule has 2 aliphatic heterocycles. The lowest BCUT2D eigenvalue weighted by atomic mass is 9.80. The van der Waals surface area contributed by atoms with Crippen molar-refractivity contribution in [3.05, 3.63) is 41.6 Å². The maximum atomic E-state index is 12.2. The van der Waals surface area contributed by atoms with Crippen LogP contribution in [0.3, 0.4) is 0 Å². The predicted octanol–water partition coefficient (Wildman–Crippen LogP) is 2.10. The van der Waals surface area contributed by atoms with Crippen molar-refractivity contribution >= 4 is 22.6 Å². The smallest absolute Gasteiger partial charge is 0.407 e. The molecule has 0 saturated carbocycles. The second-order valence-corrected chi connectivity index (χ2v) is 8.56. The van der Waals surface area contributed by atoms with Crippen molar-refractivity contribution in [3.8, 4) is 0 Å². The van der Waals surface area contributed by atoms with Crippen molar-refractivity contribution in [2.75, 3.05) is 59.6 Å². The van der Waals surface area contributed by atoms with Crippen molar-refractivity contribution in [3.63, 3.8) is 0 Å². The van der Waals surface area contributed by atoms with Crippen LogP contribution in [0.4, 0.5) is 4.79 Å². The second kappa shape index (κ2) is 8.41. The Morgan fingerprint density at radius 1 is 1.33 bits per heavy atom. The van der Waals surface area contributed by atoms with Crippen LogP contribution in [0.15, 0.2) is 30.5 Å². The molecule has 3 aliphatic rings. The number of hydrogen-bond acceptors (Lipinski definition) is 5. The number of ether oxygens (including phenoxy) is 2. The van der Waals surface area contributed by atoms with E-state index in [1.165, 1.54) is 27.6 Å². The summed E-state index contributed by atoms with van der Waals surface area (Å²) in [7, 11) is 2.17. The number of amides is 1. The van der Waals surface area contributed by atoms with Gasteiger partial charge in [-0.15, -0.1) is 0 Å². The minimum Gasteiger partial charge on any atom is -0.449 e. The van der Waals surface area contributed by atoms with Gasteiger partial charge < -0.3 is 19.8 Å². The zero-order valence-electron chi connectivity index (χ0n) is 17.5. The summed E-state index contributed by atoms with van der Waals surface area (Å²) in [6, 6.07) is 6.85. The first-order chi connectivity index (χ1) is 14.7. The predicted molar refractivity (Wildman–Crippen MR) is 116 cm³/mol. The number of fused-ring (bicyclic) bond motifs is 2. The van der Waals surface area contributed by atoms with Crippen LogP contribution in [0.2, 0.25) is 0 Å². The lowest BCUT2D eigenvalue weighted by Crippen LogP contribution is -2.44. The molecule has 1 fully saturated rings. The SMILES string of the molecule is CN1C[C@H](COC(=O)NCCN2CCOCC2)C=C2c3cccc4[nH]cc(c34)C[C@H]21. The third-order valence-corrected chi connectivity index (χ3v) is 6.57. The monoisotopic (exact) mass is 410 g/mol. The number of aromatic nitrogens is 1. The van der Waals surface area contributed by atoms with Crippen LogP contribution in [0.5, 0.6) is 0 Å². The van der Waals surface area contributed by atoms with Crippen molar-refractivity contribution in [2.24, 2.45) is 5.92 Å². The lowest BCUT2D eigenvalue weighted by molar-refractivity contribution is 0.0381. The van der Waals surface area contributed by atoms with Gasteiger partial charge in [0, 0.05) is 61.8 Å². The van der Waals surface area contributed by atoms with Gasteiger partial charge in [0.25, 0.3) is 0 Å². The number of likely N-dealkylation sites (N-methyl/N-ethyl adjacent to an activating group) is 1. The van der Waals surface area contributed by atoms with Crippen LogP contribution in [-0.4, -0.2) is 86.5 Å². The molecule has 0 unspecified atom stereocenters. The van der Waals surface area contributed by atoms with Crippen molar-refractivity contribution in [1.82, 2.24) is 20.1 Å². The molecule has 2 N–H and O–H groups in total. The molecule has 0 bridgehead atoms. The Morgan fingerprint density at radius 2 is 2.20 bits per heavy atom. The van der Waals surface area contributed by atoms with E-state index in [1.54, 1.807) is 0 Å². The second-order valence-electron chi connectivity index (χ2n) is 8.56. The molecular weight excluding hydrogens is 380 g/mol. The maximum absolute atomic E-state index is 12.2. The van der Waals surface area contributed by atoms with Crippen LogP contribution in [0, 0.1) is 5.92 Å². The summed E-state index contributed by atoms with van der Waals surface area (Å²) in [5, 5.41) is 4.22. The van der Waals surface area contributed by atoms with Gasteiger partial charge >= 0.3 is 6.09 Å². The summed E-state index contributed by atoms with van der Waals surface area (Å²) in [5.74, 6) is 0.196. The van der Waals surface area contributed by atoms with Crippen LogP contribution in [0.1, 0.15) is 11.1 Å². The normalized spacial score (nSPS) is 24.4. The standard InChI is InChI=1S/C23H30N4O3/c1-26-14-16(15-30-23(28)24-5-6-27-7-9-29-10-8-27)11-19-18-3-2-4-20-22(18)17(13-25-20)12-21(19)26/h2-4,11,13,16,21,25H,5-10,12,14-15H2,1H3,(H,24,28)/t16-,21-/m1/s1. The first-order valence-corrected chi connectivity index (χ1v) is 10.9. The first-order valence-electron chi connectivity index (χ1n) is 10.9. The van der Waals surface area contributed by atoms with Gasteiger partial charge in [0.15, 0.2) is 0 Å². The van der Waals surface area contributed by atoms with E-state index in [9.17, 15) is 4.79 Å². The van der Waals surface area contributed by atoms with E-state index in [0.717, 1.165) is 45.8 Å². The van der Waals surface area contributed by atoms with E-state index in [2.05, 4.69) is 57.6 Å². The third-order valence-electron chi connectivity index (χ3n) is 6.57. The fourth-order valence-corrected chi connectivity index (χ4v) is 5.03. The highest BCUT2D eigenvalue weighted by Crippen LogP contribution is 2.40. The number of carbonyl (C=O) groups excluding carboxylic acids is 1. The van der Waals surface area contributed by atoms with Crippen molar-refractivity contribution < 1.29 is 14.3 Å². The molecule has 2 atom stereocenters. The quantitative estimate of drug-likeness (QED) is 0.790. The van der Waals surface area contributed by atoms with Gasteiger partial charge in [-0.1, -0.05) is 18.2 Å². The van der Waals surface area contributed by atoms with Crippen molar-refractivity contribution in [1.29, 1.82) is 0 Å². The average molecular weight is 411 g/mol. The number of H-pyrrole nitrogens is 1. The summed E-state index contributed by atoms with van der Waals surface area (Å²) in [6.45, 7) is 6.13. The zero-order valence-corrected chi connectivity index (χ0v) is 17.5. The zero-order chi connectivity index (χ0) is 20.5. The number of carbonyl (C=O) groups is 1. The molecular formula is C23H30N4O3. The highest BCUT2D eigenvalue weighted by atomic mass is 16.5. The molecule has 160 valence electrons. The van der Waals surface area contributed by atoms with Crippen LogP contribution in [0.25, 0.3) is 16.5 Å². The number of nitrogens with one attached hydrogen (secondary N) is 2. The Morgan fingerprint density at radius 3 is 3.07 bits per heavy atom. The molecule has 1 amide bonds. The molecule has 3 heterocycles. The molecule has 1 aromatic heterocycles. The van der Waals surface area contributed by atoms with Gasteiger partial charge in [0.2, 0.25) is 0 Å². The lowest BCUT2D eigenvalue weighted by Gasteiger charge is -2.39. The van der Waals surface area contributed by atoms with Gasteiger partial charge in [-0.25, -0.2) is 4.79 Å². The van der Waals surface area contributed by atoms with E-state index in [4.69, 9.17) is 9.47 Å². The minimum atomic E-state index is -0.329. The van der Waals surface area contributed by atoms with E-state index < -0.39 is 0 Å². The number of morpholine rings is 1. The molecule has 0 radical (unpaired) electrons. The van der Waals surface area contributed by atoms with E-state index >= 15 is 0 Å². The van der Waals surface area contributed by atoms with Gasteiger partial charge in [-0.3, -0.25) is 9.80 Å². The van der Waals surface area contributed by atoms with Gasteiger partial charge in [-0.2, -0.15) is 0 Å². The Bertz CT molecular complexity index is 947. The molecule has 7 nitrogen and oxygen atoms in total. The number of rotatable bonds is 5. The van der Waals surface area contributed by atoms with Gasteiger partial charge in [0.05, 0.1) is 13.2 Å². The van der Waals surface area contributed by atoms with E-state index in [0.29, 0.717) is 19.2 Å². The number of alkyl carbamates (subject to hydrolysis) is 1. The summed E-state index contributed by atoms with van der Waals surface area (Å²) < 4.78 is 10.9. The summed E-state index contributed by atoms with van der Waals surface area (Å²) in [6.07, 6.45) is 5.17. The molecule has 2 aromatic rings. The molecule has 0 spiro atoms. The number of hydrogen-bond donors (Lipinski definition) is 2. The Hall–Kier alpha value is -2.35. The van der Waals surface area contributed by atoms with Crippen LogP contribution in [-0.2, 0) is 15.9 Å². The molecule has 1 saturated heterocycles. The van der Waals surface area contributed by atoms with Crippen LogP contribution < -0.4 is 5.32 Å². The summed E-state index contributed by atoms with van der Waals surface area (Å²) >= 11 is 0. The Balaban J connectivity index is 1.20. The van der Waals surface area contributed by atoms with E-state index in [1.807, 2.05) is 0 Å². The van der Waals surface area contributed by atoms with Gasteiger partial charge in [0.1, 0.15) is 6.61 Å². The fourth-order valence-electron chi connectivity index (χ4n) is 5.03. The van der Waals surface area contributed by atoms with Crippen molar-refractivity contribution in [2.45, 2.75) is 12.5 Å². The third kappa shape index (κ3) is 3.85. The summed E-state index contributed by atoms with van der Waals surface area (Å²) in [4.78, 5) is 20.3. The fraction of sp³-hybridized carbons (Fsp3) is 0.522. The van der Waals surface area contributed by atoms with E-state index in [-0.39, 0.29) is 12.0 Å². The Kier molecular flexibility index (Phi) is 5.50. The number of aromatic amines is 1. The molecule has 1 aliphatic carbocycles. The topological polar surface area (TPSA) is 69.8 Å². The largest absolute Gasteiger partial charge is 0.449 e. The molecule has 1 aromatic carbocycles. The first kappa shape index (κ1) is 19.6. The van der Waals surface area contributed by atoms with Gasteiger partial charge in [-0.05, 0) is 36.2 Å². The average Bonchev–Trinajstić information content (AvgIpc) is 3.18. The Labute approximate surface area is 177 Å². The highest BCUT2D eigenvalue weighted by Gasteiger charge is 2.33. The highest BCUT2D eigenvalue weighted by molar-refractivity contribution is 5.98. The number of nitrogens with zero attached hydrogens (tertiary/aromatic N) is 2. The maximum Gasteiger partial charge on any atom is 0.407 e. The summed E-state index contributed by atoms with van der Waals surface area (Å²) in [5.41, 5.74) is 5.26. The molecule has 7 heteroatoms. The van der Waals surface area contributed by atoms with Crippen LogP contribution >= 0.6 is 0 Å². The molecule has 5 rings (SSSR count). The minimum absolute atomic E-state index is 0.196. The molecule has 30 heavy (non-hydrogen) atoms. The number of benzene rings is 1.